The number of aryl methyl sites for hydroxylation is 1. The van der Waals surface area contributed by atoms with E-state index >= 15 is 0 Å². The van der Waals surface area contributed by atoms with Crippen LogP contribution in [0.15, 0.2) is 16.5 Å². The lowest BCUT2D eigenvalue weighted by Crippen LogP contribution is -2.36. The smallest absolute Gasteiger partial charge is 0.220 e. The molecule has 3 rings (SSSR count). The molecule has 2 saturated heterocycles. The lowest BCUT2D eigenvalue weighted by Gasteiger charge is -2.26. The number of amides is 1. The van der Waals surface area contributed by atoms with Crippen LogP contribution in [0.25, 0.3) is 0 Å². The summed E-state index contributed by atoms with van der Waals surface area (Å²) >= 11 is 0. The molecule has 2 unspecified atom stereocenters. The third kappa shape index (κ3) is 4.58. The summed E-state index contributed by atoms with van der Waals surface area (Å²) in [6, 6.07) is 4.23. The number of likely N-dealkylation sites (tertiary alicyclic amines) is 1. The summed E-state index contributed by atoms with van der Waals surface area (Å²) in [6.07, 6.45) is 5.30. The fraction of sp³-hybridized carbons (Fsp3) is 0.722. The average molecular weight is 319 g/mol. The number of nitrogens with zero attached hydrogens (tertiary/aromatic N) is 1. The molecule has 0 spiro atoms. The van der Waals surface area contributed by atoms with E-state index in [1.165, 1.54) is 19.3 Å². The molecule has 3 heterocycles. The summed E-state index contributed by atoms with van der Waals surface area (Å²) in [4.78, 5) is 14.6. The second kappa shape index (κ2) is 7.97. The molecule has 128 valence electrons. The van der Waals surface area contributed by atoms with Crippen molar-refractivity contribution in [2.75, 3.05) is 32.7 Å². The highest BCUT2D eigenvalue weighted by Gasteiger charge is 2.26. The van der Waals surface area contributed by atoms with Gasteiger partial charge in [-0.05, 0) is 76.8 Å². The molecule has 5 heteroatoms. The van der Waals surface area contributed by atoms with Crippen molar-refractivity contribution in [2.24, 2.45) is 5.92 Å². The van der Waals surface area contributed by atoms with Crippen LogP contribution in [0.3, 0.4) is 0 Å². The number of furan rings is 1. The fourth-order valence-electron chi connectivity index (χ4n) is 3.69. The molecule has 2 aliphatic rings. The molecule has 1 amide bonds. The van der Waals surface area contributed by atoms with Crippen LogP contribution in [0.1, 0.15) is 49.7 Å². The highest BCUT2D eigenvalue weighted by atomic mass is 16.3. The van der Waals surface area contributed by atoms with Crippen molar-refractivity contribution in [3.63, 3.8) is 0 Å². The van der Waals surface area contributed by atoms with Gasteiger partial charge in [-0.25, -0.2) is 0 Å². The van der Waals surface area contributed by atoms with Crippen LogP contribution in [0, 0.1) is 12.8 Å². The van der Waals surface area contributed by atoms with E-state index in [1.807, 2.05) is 13.0 Å². The first kappa shape index (κ1) is 16.5. The van der Waals surface area contributed by atoms with E-state index in [2.05, 4.69) is 21.6 Å². The zero-order chi connectivity index (χ0) is 16.1. The van der Waals surface area contributed by atoms with E-state index in [9.17, 15) is 4.79 Å². The minimum atomic E-state index is 0.170. The third-order valence-electron chi connectivity index (χ3n) is 5.11. The molecular formula is C18H29N3O2. The Morgan fingerprint density at radius 2 is 2.26 bits per heavy atom. The van der Waals surface area contributed by atoms with Gasteiger partial charge in [0, 0.05) is 13.0 Å². The van der Waals surface area contributed by atoms with Gasteiger partial charge >= 0.3 is 0 Å². The SMILES string of the molecule is Cc1ccc(C(CNC(=O)CCC2CCNC2)N2CCCC2)o1. The van der Waals surface area contributed by atoms with Crippen molar-refractivity contribution in [2.45, 2.75) is 45.1 Å². The van der Waals surface area contributed by atoms with Gasteiger partial charge in [-0.15, -0.1) is 0 Å². The standard InChI is InChI=1S/C18H29N3O2/c1-14-4-6-17(23-14)16(21-10-2-3-11-21)13-20-18(22)7-5-15-8-9-19-12-15/h4,6,15-16,19H,2-3,5,7-13H2,1H3,(H,20,22). The van der Waals surface area contributed by atoms with Gasteiger partial charge in [0.2, 0.25) is 5.91 Å². The first-order chi connectivity index (χ1) is 11.2. The first-order valence-corrected chi connectivity index (χ1v) is 9.00. The number of hydrogen-bond donors (Lipinski definition) is 2. The van der Waals surface area contributed by atoms with Gasteiger partial charge in [0.1, 0.15) is 11.5 Å². The predicted molar refractivity (Wildman–Crippen MR) is 90.2 cm³/mol. The summed E-state index contributed by atoms with van der Waals surface area (Å²) < 4.78 is 5.83. The summed E-state index contributed by atoms with van der Waals surface area (Å²) in [5.74, 6) is 2.75. The third-order valence-corrected chi connectivity index (χ3v) is 5.11. The van der Waals surface area contributed by atoms with E-state index < -0.39 is 0 Å². The first-order valence-electron chi connectivity index (χ1n) is 9.00. The molecule has 2 N–H and O–H groups in total. The summed E-state index contributed by atoms with van der Waals surface area (Å²) in [5.41, 5.74) is 0. The molecule has 0 bridgehead atoms. The van der Waals surface area contributed by atoms with Gasteiger partial charge in [-0.2, -0.15) is 0 Å². The van der Waals surface area contributed by atoms with Crippen LogP contribution in [0.4, 0.5) is 0 Å². The van der Waals surface area contributed by atoms with Crippen molar-refractivity contribution in [1.29, 1.82) is 0 Å². The number of carbonyl (C=O) groups is 1. The number of hydrogen-bond acceptors (Lipinski definition) is 4. The van der Waals surface area contributed by atoms with E-state index in [4.69, 9.17) is 4.42 Å². The Morgan fingerprint density at radius 3 is 2.91 bits per heavy atom. The normalized spacial score (nSPS) is 23.3. The molecule has 23 heavy (non-hydrogen) atoms. The van der Waals surface area contributed by atoms with Crippen LogP contribution in [0.5, 0.6) is 0 Å². The maximum Gasteiger partial charge on any atom is 0.220 e. The Labute approximate surface area is 138 Å². The van der Waals surface area contributed by atoms with Gasteiger partial charge in [-0.1, -0.05) is 0 Å². The molecule has 0 saturated carbocycles. The monoisotopic (exact) mass is 319 g/mol. The molecule has 0 radical (unpaired) electrons. The van der Waals surface area contributed by atoms with Gasteiger partial charge < -0.3 is 15.1 Å². The second-order valence-electron chi connectivity index (χ2n) is 6.91. The summed E-state index contributed by atoms with van der Waals surface area (Å²) in [5, 5.41) is 6.49. The van der Waals surface area contributed by atoms with E-state index in [0.29, 0.717) is 18.9 Å². The molecule has 0 aromatic carbocycles. The van der Waals surface area contributed by atoms with Crippen LogP contribution in [0.2, 0.25) is 0 Å². The quantitative estimate of drug-likeness (QED) is 0.809. The van der Waals surface area contributed by atoms with Gasteiger partial charge in [-0.3, -0.25) is 9.69 Å². The molecule has 5 nitrogen and oxygen atoms in total. The van der Waals surface area contributed by atoms with E-state index in [1.54, 1.807) is 0 Å². The number of nitrogens with one attached hydrogen (secondary N) is 2. The number of rotatable bonds is 7. The van der Waals surface area contributed by atoms with Crippen molar-refractivity contribution < 1.29 is 9.21 Å². The highest BCUT2D eigenvalue weighted by Crippen LogP contribution is 2.26. The van der Waals surface area contributed by atoms with Crippen molar-refractivity contribution in [3.05, 3.63) is 23.7 Å². The molecular weight excluding hydrogens is 290 g/mol. The Hall–Kier alpha value is -1.33. The maximum atomic E-state index is 12.2. The lowest BCUT2D eigenvalue weighted by molar-refractivity contribution is -0.121. The maximum absolute atomic E-state index is 12.2. The Morgan fingerprint density at radius 1 is 1.43 bits per heavy atom. The zero-order valence-electron chi connectivity index (χ0n) is 14.1. The topological polar surface area (TPSA) is 57.5 Å². The summed E-state index contributed by atoms with van der Waals surface area (Å²) in [6.45, 7) is 6.96. The van der Waals surface area contributed by atoms with Gasteiger partial charge in [0.25, 0.3) is 0 Å². The fourth-order valence-corrected chi connectivity index (χ4v) is 3.69. The van der Waals surface area contributed by atoms with E-state index in [0.717, 1.165) is 44.1 Å². The summed E-state index contributed by atoms with van der Waals surface area (Å²) in [7, 11) is 0. The van der Waals surface area contributed by atoms with E-state index in [-0.39, 0.29) is 11.9 Å². The van der Waals surface area contributed by atoms with Gasteiger partial charge in [0.05, 0.1) is 6.04 Å². The van der Waals surface area contributed by atoms with Gasteiger partial charge in [0.15, 0.2) is 0 Å². The molecule has 1 aromatic heterocycles. The average Bonchev–Trinajstić information content (AvgIpc) is 3.28. The largest absolute Gasteiger partial charge is 0.465 e. The van der Waals surface area contributed by atoms with Crippen molar-refractivity contribution in [3.8, 4) is 0 Å². The Balaban J connectivity index is 1.50. The van der Waals surface area contributed by atoms with Crippen LogP contribution in [-0.4, -0.2) is 43.5 Å². The Kier molecular flexibility index (Phi) is 5.73. The zero-order valence-corrected chi connectivity index (χ0v) is 14.1. The minimum Gasteiger partial charge on any atom is -0.465 e. The van der Waals surface area contributed by atoms with Crippen LogP contribution < -0.4 is 10.6 Å². The molecule has 2 fully saturated rings. The molecule has 2 atom stereocenters. The van der Waals surface area contributed by atoms with Crippen molar-refractivity contribution >= 4 is 5.91 Å². The molecule has 1 aromatic rings. The van der Waals surface area contributed by atoms with Crippen molar-refractivity contribution in [1.82, 2.24) is 15.5 Å². The van der Waals surface area contributed by atoms with Crippen LogP contribution in [-0.2, 0) is 4.79 Å². The highest BCUT2D eigenvalue weighted by molar-refractivity contribution is 5.75. The number of carbonyl (C=O) groups excluding carboxylic acids is 1. The Bertz CT molecular complexity index is 502. The van der Waals surface area contributed by atoms with Crippen LogP contribution >= 0.6 is 0 Å². The second-order valence-corrected chi connectivity index (χ2v) is 6.91. The minimum absolute atomic E-state index is 0.170. The molecule has 0 aliphatic carbocycles. The predicted octanol–water partition coefficient (Wildman–Crippen LogP) is 2.23. The lowest BCUT2D eigenvalue weighted by atomic mass is 10.0. The molecule has 2 aliphatic heterocycles.